The smallest absolute Gasteiger partial charge is 0.0122 e. The van der Waals surface area contributed by atoms with Gasteiger partial charge in [-0.05, 0) is 33.7 Å². The van der Waals surface area contributed by atoms with Gasteiger partial charge >= 0.3 is 0 Å². The topological polar surface area (TPSA) is 12.0 Å². The Morgan fingerprint density at radius 1 is 0.882 bits per heavy atom. The number of hydrogen-bond donors (Lipinski definition) is 1. The van der Waals surface area contributed by atoms with Crippen molar-refractivity contribution in [3.8, 4) is 12.3 Å². The summed E-state index contributed by atoms with van der Waals surface area (Å²) in [5, 5.41) is 3.36. The van der Waals surface area contributed by atoms with Gasteiger partial charge in [0.15, 0.2) is 0 Å². The molecule has 17 heavy (non-hydrogen) atoms. The lowest BCUT2D eigenvalue weighted by Gasteiger charge is -2.23. The standard InChI is InChI=1S/C16H31N/c1-5-6-7-8-9-10-11-12-13-14-15-16(2,3)17-4/h1,17H,6-15H2,2-4H3. The highest BCUT2D eigenvalue weighted by Gasteiger charge is 2.12. The van der Waals surface area contributed by atoms with Gasteiger partial charge in [-0.3, -0.25) is 0 Å². The summed E-state index contributed by atoms with van der Waals surface area (Å²) in [5.41, 5.74) is 0.315. The second-order valence-electron chi connectivity index (χ2n) is 5.67. The Morgan fingerprint density at radius 3 is 1.82 bits per heavy atom. The Bertz CT molecular complexity index is 200. The van der Waals surface area contributed by atoms with E-state index in [4.69, 9.17) is 6.42 Å². The van der Waals surface area contributed by atoms with Crippen molar-refractivity contribution in [2.45, 2.75) is 83.6 Å². The lowest BCUT2D eigenvalue weighted by atomic mass is 9.96. The zero-order valence-electron chi connectivity index (χ0n) is 12.1. The molecule has 0 radical (unpaired) electrons. The van der Waals surface area contributed by atoms with Crippen molar-refractivity contribution in [2.75, 3.05) is 7.05 Å². The third kappa shape index (κ3) is 11.8. The minimum atomic E-state index is 0.315. The molecule has 0 bridgehead atoms. The van der Waals surface area contributed by atoms with E-state index >= 15 is 0 Å². The zero-order valence-corrected chi connectivity index (χ0v) is 12.1. The molecule has 1 heteroatoms. The lowest BCUT2D eigenvalue weighted by Crippen LogP contribution is -2.35. The number of nitrogens with one attached hydrogen (secondary N) is 1. The van der Waals surface area contributed by atoms with Crippen LogP contribution in [0.25, 0.3) is 0 Å². The molecule has 0 fully saturated rings. The van der Waals surface area contributed by atoms with Gasteiger partial charge in [0.05, 0.1) is 0 Å². The minimum absolute atomic E-state index is 0.315. The fraction of sp³-hybridized carbons (Fsp3) is 0.875. The van der Waals surface area contributed by atoms with Crippen molar-refractivity contribution in [3.63, 3.8) is 0 Å². The van der Waals surface area contributed by atoms with Crippen LogP contribution in [0.3, 0.4) is 0 Å². The molecule has 0 unspecified atom stereocenters. The van der Waals surface area contributed by atoms with Crippen molar-refractivity contribution in [1.82, 2.24) is 5.32 Å². The summed E-state index contributed by atoms with van der Waals surface area (Å²) in [5.74, 6) is 2.70. The maximum Gasteiger partial charge on any atom is 0.0122 e. The van der Waals surface area contributed by atoms with Crippen LogP contribution >= 0.6 is 0 Å². The van der Waals surface area contributed by atoms with Crippen LogP contribution in [0.4, 0.5) is 0 Å². The largest absolute Gasteiger partial charge is 0.315 e. The molecule has 1 N–H and O–H groups in total. The first kappa shape index (κ1) is 16.5. The summed E-state index contributed by atoms with van der Waals surface area (Å²) >= 11 is 0. The molecule has 0 aliphatic rings. The van der Waals surface area contributed by atoms with Crippen LogP contribution in [0.2, 0.25) is 0 Å². The minimum Gasteiger partial charge on any atom is -0.315 e. The van der Waals surface area contributed by atoms with Gasteiger partial charge < -0.3 is 5.32 Å². The Kier molecular flexibility index (Phi) is 10.4. The van der Waals surface area contributed by atoms with Gasteiger partial charge in [-0.1, -0.05) is 44.9 Å². The SMILES string of the molecule is C#CCCCCCCCCCCC(C)(C)NC. The fourth-order valence-electron chi connectivity index (χ4n) is 1.98. The molecule has 0 aromatic rings. The van der Waals surface area contributed by atoms with Crippen LogP contribution < -0.4 is 5.32 Å². The first-order valence-corrected chi connectivity index (χ1v) is 7.25. The molecule has 0 atom stereocenters. The van der Waals surface area contributed by atoms with Crippen molar-refractivity contribution >= 4 is 0 Å². The molecule has 0 aromatic carbocycles. The third-order valence-corrected chi connectivity index (χ3v) is 3.55. The molecule has 0 saturated heterocycles. The summed E-state index contributed by atoms with van der Waals surface area (Å²) in [6, 6.07) is 0. The van der Waals surface area contributed by atoms with E-state index in [0.29, 0.717) is 5.54 Å². The normalized spacial score (nSPS) is 11.4. The van der Waals surface area contributed by atoms with E-state index in [-0.39, 0.29) is 0 Å². The molecule has 0 saturated carbocycles. The number of unbranched alkanes of at least 4 members (excludes halogenated alkanes) is 8. The van der Waals surface area contributed by atoms with E-state index < -0.39 is 0 Å². The second-order valence-corrected chi connectivity index (χ2v) is 5.67. The fourth-order valence-corrected chi connectivity index (χ4v) is 1.98. The second kappa shape index (κ2) is 10.7. The maximum absolute atomic E-state index is 5.22. The van der Waals surface area contributed by atoms with Gasteiger partial charge in [0, 0.05) is 12.0 Å². The van der Waals surface area contributed by atoms with E-state index in [1.54, 1.807) is 0 Å². The lowest BCUT2D eigenvalue weighted by molar-refractivity contribution is 0.373. The summed E-state index contributed by atoms with van der Waals surface area (Å²) in [6.07, 6.45) is 18.3. The van der Waals surface area contributed by atoms with E-state index in [1.165, 1.54) is 57.8 Å². The molecule has 0 heterocycles. The van der Waals surface area contributed by atoms with Crippen molar-refractivity contribution in [3.05, 3.63) is 0 Å². The van der Waals surface area contributed by atoms with Crippen LogP contribution in [-0.2, 0) is 0 Å². The highest BCUT2D eigenvalue weighted by molar-refractivity contribution is 4.82. The molecule has 0 aromatic heterocycles. The van der Waals surface area contributed by atoms with Gasteiger partial charge in [-0.2, -0.15) is 0 Å². The molecule has 0 aliphatic carbocycles. The summed E-state index contributed by atoms with van der Waals surface area (Å²) in [7, 11) is 2.05. The van der Waals surface area contributed by atoms with Gasteiger partial charge in [-0.15, -0.1) is 12.3 Å². The molecular weight excluding hydrogens is 206 g/mol. The van der Waals surface area contributed by atoms with Crippen LogP contribution in [0, 0.1) is 12.3 Å². The maximum atomic E-state index is 5.22. The number of terminal acetylenes is 1. The Morgan fingerprint density at radius 2 is 1.35 bits per heavy atom. The van der Waals surface area contributed by atoms with E-state index in [0.717, 1.165) is 6.42 Å². The number of hydrogen-bond acceptors (Lipinski definition) is 1. The van der Waals surface area contributed by atoms with Crippen molar-refractivity contribution < 1.29 is 0 Å². The molecule has 1 nitrogen and oxygen atoms in total. The Balaban J connectivity index is 3.12. The van der Waals surface area contributed by atoms with Crippen molar-refractivity contribution in [2.24, 2.45) is 0 Å². The summed E-state index contributed by atoms with van der Waals surface area (Å²) < 4.78 is 0. The summed E-state index contributed by atoms with van der Waals surface area (Å²) in [4.78, 5) is 0. The predicted molar refractivity (Wildman–Crippen MR) is 78.1 cm³/mol. The van der Waals surface area contributed by atoms with Crippen LogP contribution in [-0.4, -0.2) is 12.6 Å². The van der Waals surface area contributed by atoms with Crippen LogP contribution in [0.5, 0.6) is 0 Å². The number of rotatable bonds is 11. The molecule has 100 valence electrons. The van der Waals surface area contributed by atoms with Crippen LogP contribution in [0.1, 0.15) is 78.1 Å². The monoisotopic (exact) mass is 237 g/mol. The van der Waals surface area contributed by atoms with Crippen LogP contribution in [0.15, 0.2) is 0 Å². The van der Waals surface area contributed by atoms with Gasteiger partial charge in [0.25, 0.3) is 0 Å². The van der Waals surface area contributed by atoms with E-state index in [1.807, 2.05) is 0 Å². The molecule has 0 spiro atoms. The van der Waals surface area contributed by atoms with Gasteiger partial charge in [0.1, 0.15) is 0 Å². The molecular formula is C16H31N. The Labute approximate surface area is 109 Å². The molecule has 0 amide bonds. The first-order chi connectivity index (χ1) is 8.12. The van der Waals surface area contributed by atoms with E-state index in [2.05, 4.69) is 32.1 Å². The first-order valence-electron chi connectivity index (χ1n) is 7.25. The zero-order chi connectivity index (χ0) is 13.0. The molecule has 0 aliphatic heterocycles. The van der Waals surface area contributed by atoms with Gasteiger partial charge in [-0.25, -0.2) is 0 Å². The van der Waals surface area contributed by atoms with E-state index in [9.17, 15) is 0 Å². The average molecular weight is 237 g/mol. The predicted octanol–water partition coefficient (Wildman–Crippen LogP) is 4.52. The highest BCUT2D eigenvalue weighted by Crippen LogP contribution is 2.15. The summed E-state index contributed by atoms with van der Waals surface area (Å²) in [6.45, 7) is 4.55. The Hall–Kier alpha value is -0.480. The average Bonchev–Trinajstić information content (AvgIpc) is 2.31. The highest BCUT2D eigenvalue weighted by atomic mass is 14.9. The third-order valence-electron chi connectivity index (χ3n) is 3.55. The quantitative estimate of drug-likeness (QED) is 0.411. The van der Waals surface area contributed by atoms with Gasteiger partial charge in [0.2, 0.25) is 0 Å². The molecule has 0 rings (SSSR count). The van der Waals surface area contributed by atoms with Crippen molar-refractivity contribution in [1.29, 1.82) is 0 Å².